The number of furan rings is 1. The van der Waals surface area contributed by atoms with Crippen molar-refractivity contribution in [2.45, 2.75) is 0 Å². The largest absolute Gasteiger partial charge is 0.504 e. The lowest BCUT2D eigenvalue weighted by atomic mass is 10.2. The van der Waals surface area contributed by atoms with Crippen molar-refractivity contribution in [3.63, 3.8) is 0 Å². The first kappa shape index (κ1) is 18.7. The molecule has 28 heavy (non-hydrogen) atoms. The third kappa shape index (κ3) is 4.55. The zero-order valence-electron chi connectivity index (χ0n) is 14.9. The molecule has 0 saturated carbocycles. The van der Waals surface area contributed by atoms with E-state index in [2.05, 4.69) is 15.8 Å². The number of hydrogen-bond acceptors (Lipinski definition) is 6. The first-order chi connectivity index (χ1) is 13.6. The molecule has 0 atom stereocenters. The Bertz CT molecular complexity index is 995. The van der Waals surface area contributed by atoms with Crippen LogP contribution in [0.1, 0.15) is 26.5 Å². The van der Waals surface area contributed by atoms with Crippen LogP contribution in [-0.4, -0.2) is 30.2 Å². The van der Waals surface area contributed by atoms with Crippen molar-refractivity contribution in [1.82, 2.24) is 5.43 Å². The summed E-state index contributed by atoms with van der Waals surface area (Å²) >= 11 is 0. The third-order valence-corrected chi connectivity index (χ3v) is 3.73. The van der Waals surface area contributed by atoms with E-state index in [0.717, 1.165) is 0 Å². The normalized spacial score (nSPS) is 10.6. The number of amides is 2. The second kappa shape index (κ2) is 8.54. The highest BCUT2D eigenvalue weighted by atomic mass is 16.5. The smallest absolute Gasteiger partial charge is 0.291 e. The Morgan fingerprint density at radius 1 is 1.11 bits per heavy atom. The number of carbonyl (C=O) groups is 2. The lowest BCUT2D eigenvalue weighted by Gasteiger charge is -2.05. The summed E-state index contributed by atoms with van der Waals surface area (Å²) in [7, 11) is 1.46. The van der Waals surface area contributed by atoms with Crippen LogP contribution in [0.5, 0.6) is 11.5 Å². The van der Waals surface area contributed by atoms with Crippen LogP contribution in [0.2, 0.25) is 0 Å². The molecule has 3 N–H and O–H groups in total. The van der Waals surface area contributed by atoms with Gasteiger partial charge in [-0.2, -0.15) is 5.10 Å². The fraction of sp³-hybridized carbons (Fsp3) is 0.0500. The molecule has 0 aliphatic rings. The lowest BCUT2D eigenvalue weighted by molar-refractivity contribution is 0.0954. The van der Waals surface area contributed by atoms with Crippen molar-refractivity contribution >= 4 is 23.7 Å². The standard InChI is InChI=1S/C20H17N3O5/c1-27-17-9-4-13(11-16(17)24)12-21-23-19(25)14-5-7-15(8-6-14)22-20(26)18-3-2-10-28-18/h2-12,24H,1H3,(H,22,26)(H,23,25)/b21-12-. The quantitative estimate of drug-likeness (QED) is 0.450. The maximum atomic E-state index is 12.1. The highest BCUT2D eigenvalue weighted by Gasteiger charge is 2.09. The van der Waals surface area contributed by atoms with Crippen LogP contribution < -0.4 is 15.5 Å². The Morgan fingerprint density at radius 3 is 2.54 bits per heavy atom. The molecule has 3 rings (SSSR count). The number of ether oxygens (including phenoxy) is 1. The van der Waals surface area contributed by atoms with Gasteiger partial charge in [0.2, 0.25) is 0 Å². The Hall–Kier alpha value is -4.07. The minimum atomic E-state index is -0.419. The summed E-state index contributed by atoms with van der Waals surface area (Å²) in [4.78, 5) is 24.0. The van der Waals surface area contributed by atoms with Crippen molar-refractivity contribution in [3.8, 4) is 11.5 Å². The number of nitrogens with zero attached hydrogens (tertiary/aromatic N) is 1. The number of aromatic hydroxyl groups is 1. The summed E-state index contributed by atoms with van der Waals surface area (Å²) in [5, 5.41) is 16.2. The van der Waals surface area contributed by atoms with Crippen LogP contribution in [0.3, 0.4) is 0 Å². The van der Waals surface area contributed by atoms with Crippen LogP contribution in [0, 0.1) is 0 Å². The van der Waals surface area contributed by atoms with Gasteiger partial charge in [-0.25, -0.2) is 5.43 Å². The Morgan fingerprint density at radius 2 is 1.89 bits per heavy atom. The van der Waals surface area contributed by atoms with Crippen molar-refractivity contribution in [2.75, 3.05) is 12.4 Å². The Kier molecular flexibility index (Phi) is 5.71. The van der Waals surface area contributed by atoms with Gasteiger partial charge in [0.25, 0.3) is 11.8 Å². The zero-order valence-corrected chi connectivity index (χ0v) is 14.9. The number of methoxy groups -OCH3 is 1. The number of hydrogen-bond donors (Lipinski definition) is 3. The van der Waals surface area contributed by atoms with E-state index in [1.54, 1.807) is 48.5 Å². The van der Waals surface area contributed by atoms with Gasteiger partial charge in [0, 0.05) is 11.3 Å². The van der Waals surface area contributed by atoms with E-state index >= 15 is 0 Å². The minimum Gasteiger partial charge on any atom is -0.504 e. The molecular weight excluding hydrogens is 362 g/mol. The maximum absolute atomic E-state index is 12.1. The van der Waals surface area contributed by atoms with Gasteiger partial charge in [-0.15, -0.1) is 0 Å². The second-order valence-corrected chi connectivity index (χ2v) is 5.64. The van der Waals surface area contributed by atoms with Gasteiger partial charge in [-0.05, 0) is 60.2 Å². The van der Waals surface area contributed by atoms with Gasteiger partial charge in [-0.3, -0.25) is 9.59 Å². The van der Waals surface area contributed by atoms with E-state index < -0.39 is 5.91 Å². The molecule has 0 spiro atoms. The number of carbonyl (C=O) groups excluding carboxylic acids is 2. The molecule has 3 aromatic rings. The van der Waals surface area contributed by atoms with Gasteiger partial charge < -0.3 is 19.6 Å². The van der Waals surface area contributed by atoms with Crippen molar-refractivity contribution in [1.29, 1.82) is 0 Å². The SMILES string of the molecule is COc1ccc(/C=N\NC(=O)c2ccc(NC(=O)c3ccco3)cc2)cc1O. The zero-order chi connectivity index (χ0) is 19.9. The average Bonchev–Trinajstić information content (AvgIpc) is 3.23. The fourth-order valence-electron chi connectivity index (χ4n) is 2.32. The maximum Gasteiger partial charge on any atom is 0.291 e. The average molecular weight is 379 g/mol. The highest BCUT2D eigenvalue weighted by molar-refractivity contribution is 6.02. The van der Waals surface area contributed by atoms with E-state index in [4.69, 9.17) is 9.15 Å². The van der Waals surface area contributed by atoms with Gasteiger partial charge >= 0.3 is 0 Å². The Labute approximate surface area is 160 Å². The summed E-state index contributed by atoms with van der Waals surface area (Å²) < 4.78 is 9.98. The molecule has 0 radical (unpaired) electrons. The molecule has 2 amide bonds. The van der Waals surface area contributed by atoms with Crippen LogP contribution in [0.15, 0.2) is 70.4 Å². The van der Waals surface area contributed by atoms with Crippen LogP contribution in [0.4, 0.5) is 5.69 Å². The molecule has 0 bridgehead atoms. The molecule has 1 heterocycles. The second-order valence-electron chi connectivity index (χ2n) is 5.64. The van der Waals surface area contributed by atoms with Crippen molar-refractivity contribution in [3.05, 3.63) is 77.7 Å². The predicted octanol–water partition coefficient (Wildman–Crippen LogP) is 3.01. The number of rotatable bonds is 6. The van der Waals surface area contributed by atoms with E-state index in [0.29, 0.717) is 22.6 Å². The van der Waals surface area contributed by atoms with Crippen LogP contribution >= 0.6 is 0 Å². The summed E-state index contributed by atoms with van der Waals surface area (Å²) in [6.07, 6.45) is 2.81. The summed E-state index contributed by atoms with van der Waals surface area (Å²) in [6, 6.07) is 14.2. The molecule has 0 aliphatic heterocycles. The van der Waals surface area contributed by atoms with Crippen LogP contribution in [0.25, 0.3) is 0 Å². The van der Waals surface area contributed by atoms with Gasteiger partial charge in [0.05, 0.1) is 19.6 Å². The first-order valence-corrected chi connectivity index (χ1v) is 8.22. The molecule has 142 valence electrons. The molecule has 0 saturated heterocycles. The van der Waals surface area contributed by atoms with Crippen LogP contribution in [-0.2, 0) is 0 Å². The number of phenols is 1. The van der Waals surface area contributed by atoms with Crippen molar-refractivity contribution in [2.24, 2.45) is 5.10 Å². The molecule has 0 aliphatic carbocycles. The predicted molar refractivity (Wildman–Crippen MR) is 103 cm³/mol. The topological polar surface area (TPSA) is 113 Å². The number of nitrogens with one attached hydrogen (secondary N) is 2. The summed E-state index contributed by atoms with van der Waals surface area (Å²) in [6.45, 7) is 0. The summed E-state index contributed by atoms with van der Waals surface area (Å²) in [5.74, 6) is -0.279. The number of benzene rings is 2. The third-order valence-electron chi connectivity index (χ3n) is 3.73. The first-order valence-electron chi connectivity index (χ1n) is 8.22. The Balaban J connectivity index is 1.57. The van der Waals surface area contributed by atoms with Gasteiger partial charge in [0.1, 0.15) is 0 Å². The van der Waals surface area contributed by atoms with E-state index in [1.807, 2.05) is 0 Å². The molecular formula is C20H17N3O5. The molecule has 8 heteroatoms. The summed E-state index contributed by atoms with van der Waals surface area (Å²) in [5.41, 5.74) is 3.88. The van der Waals surface area contributed by atoms with Gasteiger partial charge in [-0.1, -0.05) is 0 Å². The molecule has 8 nitrogen and oxygen atoms in total. The molecule has 1 aromatic heterocycles. The number of anilines is 1. The molecule has 2 aromatic carbocycles. The number of hydrazone groups is 1. The minimum absolute atomic E-state index is 0.0232. The molecule has 0 unspecified atom stereocenters. The fourth-order valence-corrected chi connectivity index (χ4v) is 2.32. The number of phenolic OH excluding ortho intramolecular Hbond substituents is 1. The molecule has 0 fully saturated rings. The van der Waals surface area contributed by atoms with Gasteiger partial charge in [0.15, 0.2) is 17.3 Å². The van der Waals surface area contributed by atoms with E-state index in [1.165, 1.54) is 25.7 Å². The monoisotopic (exact) mass is 379 g/mol. The highest BCUT2D eigenvalue weighted by Crippen LogP contribution is 2.25. The van der Waals surface area contributed by atoms with Crippen molar-refractivity contribution < 1.29 is 23.8 Å². The van der Waals surface area contributed by atoms with E-state index in [9.17, 15) is 14.7 Å². The lowest BCUT2D eigenvalue weighted by Crippen LogP contribution is -2.17. The van der Waals surface area contributed by atoms with E-state index in [-0.39, 0.29) is 17.4 Å².